The summed E-state index contributed by atoms with van der Waals surface area (Å²) in [6.45, 7) is 4.73. The molecule has 2 heterocycles. The molecule has 2 aliphatic rings. The highest BCUT2D eigenvalue weighted by molar-refractivity contribution is 6.73. The minimum absolute atomic E-state index is 0.178. The minimum atomic E-state index is -0.178. The number of fused-ring (bicyclic) bond motifs is 4. The van der Waals surface area contributed by atoms with Crippen molar-refractivity contribution in [1.29, 1.82) is 0 Å². The van der Waals surface area contributed by atoms with Crippen molar-refractivity contribution in [2.24, 2.45) is 0 Å². The summed E-state index contributed by atoms with van der Waals surface area (Å²) in [5, 5.41) is 4.01. The topological polar surface area (TPSA) is 18.5 Å². The van der Waals surface area contributed by atoms with Crippen LogP contribution in [-0.4, -0.2) is 7.28 Å². The van der Waals surface area contributed by atoms with Crippen LogP contribution in [0.3, 0.4) is 0 Å². The van der Waals surface area contributed by atoms with E-state index in [1.54, 1.807) is 0 Å². The van der Waals surface area contributed by atoms with Crippen LogP contribution < -0.4 is 26.0 Å². The van der Waals surface area contributed by atoms with Gasteiger partial charge in [-0.1, -0.05) is 220 Å². The molecule has 2 aliphatic heterocycles. The number of hydrogen-bond donors (Lipinski definition) is 1. The third-order valence-corrected chi connectivity index (χ3v) is 14.9. The molecule has 4 heteroatoms. The predicted octanol–water partition coefficient (Wildman–Crippen LogP) is 17.3. The van der Waals surface area contributed by atoms with Crippen LogP contribution in [0.5, 0.6) is 0 Å². The molecule has 3 nitrogen and oxygen atoms in total. The maximum atomic E-state index is 4.01. The molecule has 0 aliphatic carbocycles. The van der Waals surface area contributed by atoms with E-state index in [0.29, 0.717) is 0 Å². The molecule has 0 bridgehead atoms. The van der Waals surface area contributed by atoms with Crippen LogP contribution >= 0.6 is 0 Å². The van der Waals surface area contributed by atoms with Gasteiger partial charge in [-0.15, -0.1) is 0 Å². The molecule has 0 spiro atoms. The molecular formula is C69H51BN3. The van der Waals surface area contributed by atoms with E-state index >= 15 is 0 Å². The van der Waals surface area contributed by atoms with Crippen molar-refractivity contribution in [2.75, 3.05) is 15.1 Å². The molecule has 13 rings (SSSR count). The monoisotopic (exact) mass is 932 g/mol. The number of hydrogen-bond acceptors (Lipinski definition) is 3. The number of nitrogens with one attached hydrogen (secondary N) is 1. The molecule has 345 valence electrons. The summed E-state index contributed by atoms with van der Waals surface area (Å²) in [4.78, 5) is 4.92. The van der Waals surface area contributed by atoms with Gasteiger partial charge in [0.2, 0.25) is 0 Å². The predicted molar refractivity (Wildman–Crippen MR) is 310 cm³/mol. The lowest BCUT2D eigenvalue weighted by atomic mass is 9.55. The van der Waals surface area contributed by atoms with Gasteiger partial charge in [-0.2, -0.15) is 0 Å². The summed E-state index contributed by atoms with van der Waals surface area (Å²) in [6, 6.07) is 97.0. The molecule has 0 aromatic heterocycles. The molecule has 1 radical (unpaired) electrons. The van der Waals surface area contributed by atoms with Gasteiger partial charge in [0, 0.05) is 50.8 Å². The van der Waals surface area contributed by atoms with E-state index in [1.165, 1.54) is 78.1 Å². The number of para-hydroxylation sites is 2. The van der Waals surface area contributed by atoms with Gasteiger partial charge in [-0.05, 0) is 133 Å². The molecule has 0 fully saturated rings. The molecule has 0 amide bonds. The van der Waals surface area contributed by atoms with Crippen LogP contribution in [0.1, 0.15) is 25.0 Å². The summed E-state index contributed by atoms with van der Waals surface area (Å²) < 4.78 is 0. The summed E-state index contributed by atoms with van der Waals surface area (Å²) in [6.07, 6.45) is 0. The van der Waals surface area contributed by atoms with Crippen LogP contribution in [0.25, 0.3) is 55.6 Å². The Hall–Kier alpha value is -9.12. The van der Waals surface area contributed by atoms with E-state index in [1.807, 2.05) is 0 Å². The van der Waals surface area contributed by atoms with Gasteiger partial charge >= 0.3 is 0 Å². The maximum Gasteiger partial charge on any atom is 0.197 e. The quantitative estimate of drug-likeness (QED) is 0.138. The van der Waals surface area contributed by atoms with Crippen LogP contribution in [-0.2, 0) is 5.41 Å². The highest BCUT2D eigenvalue weighted by Crippen LogP contribution is 2.53. The fraction of sp³-hybridized carbons (Fsp3) is 0.0435. The van der Waals surface area contributed by atoms with Crippen molar-refractivity contribution < 1.29 is 0 Å². The molecular weight excluding hydrogens is 882 g/mol. The lowest BCUT2D eigenvalue weighted by Crippen LogP contribution is -2.45. The first-order valence-corrected chi connectivity index (χ1v) is 25.2. The van der Waals surface area contributed by atoms with E-state index in [4.69, 9.17) is 0 Å². The Bertz CT molecular complexity index is 3700. The van der Waals surface area contributed by atoms with Gasteiger partial charge in [-0.3, -0.25) is 0 Å². The zero-order chi connectivity index (χ0) is 48.9. The Morgan fingerprint density at radius 1 is 0.370 bits per heavy atom. The Morgan fingerprint density at radius 3 is 1.40 bits per heavy atom. The second kappa shape index (κ2) is 18.2. The van der Waals surface area contributed by atoms with Crippen LogP contribution in [0.4, 0.5) is 45.5 Å². The molecule has 73 heavy (non-hydrogen) atoms. The second-order valence-corrected chi connectivity index (χ2v) is 19.6. The molecule has 11 aromatic carbocycles. The SMILES string of the molecule is CC1(C)c2ccccc2N2c3cc(-c4ccccc4)cc(-c4ccc(N(c5ccc(-c6ccccc6)cc5)c5ccc(-c6ccccc6)cc5)cc4Nc4ccc(-c5ccccc5)cc4)c3[B]c3cccc1c32. The summed E-state index contributed by atoms with van der Waals surface area (Å²) >= 11 is 0. The Labute approximate surface area is 429 Å². The van der Waals surface area contributed by atoms with Gasteiger partial charge in [0.25, 0.3) is 0 Å². The molecule has 0 saturated carbocycles. The van der Waals surface area contributed by atoms with E-state index in [0.717, 1.165) is 45.1 Å². The molecule has 0 unspecified atom stereocenters. The highest BCUT2D eigenvalue weighted by Gasteiger charge is 2.41. The lowest BCUT2D eigenvalue weighted by Gasteiger charge is -2.46. The Kier molecular flexibility index (Phi) is 11.0. The van der Waals surface area contributed by atoms with E-state index in [-0.39, 0.29) is 5.41 Å². The third kappa shape index (κ3) is 7.98. The fourth-order valence-electron chi connectivity index (χ4n) is 11.2. The third-order valence-electron chi connectivity index (χ3n) is 14.9. The average molecular weight is 933 g/mol. The van der Waals surface area contributed by atoms with Crippen molar-refractivity contribution in [3.63, 3.8) is 0 Å². The maximum absolute atomic E-state index is 4.01. The largest absolute Gasteiger partial charge is 0.355 e. The first-order chi connectivity index (χ1) is 35.9. The van der Waals surface area contributed by atoms with Crippen LogP contribution in [0.2, 0.25) is 0 Å². The van der Waals surface area contributed by atoms with Crippen molar-refractivity contribution in [3.8, 4) is 55.6 Å². The van der Waals surface area contributed by atoms with E-state index in [2.05, 4.69) is 303 Å². The van der Waals surface area contributed by atoms with Crippen molar-refractivity contribution in [3.05, 3.63) is 278 Å². The smallest absolute Gasteiger partial charge is 0.197 e. The van der Waals surface area contributed by atoms with E-state index in [9.17, 15) is 0 Å². The number of rotatable bonds is 10. The highest BCUT2D eigenvalue weighted by atomic mass is 15.2. The van der Waals surface area contributed by atoms with Gasteiger partial charge in [0.15, 0.2) is 7.28 Å². The standard InChI is InChI=1S/C69H51BN3/c1-69(2)61-26-15-16-29-65(61)73-66-45-54(50-24-13-6-14-25-50)44-60(67(66)70-63-28-17-27-62(69)68(63)73)59-43-42-58(46-64(59)71-55-36-30-51(31-37-55)47-18-7-3-8-19-47)72(56-38-32-52(33-39-56)48-20-9-4-10-21-48)57-40-34-53(35-41-57)49-22-11-5-12-23-49/h3-46,71H,1-2H3. The average Bonchev–Trinajstić information content (AvgIpc) is 3.46. The molecule has 0 saturated heterocycles. The van der Waals surface area contributed by atoms with Gasteiger partial charge in [-0.25, -0.2) is 0 Å². The zero-order valence-corrected chi connectivity index (χ0v) is 40.9. The molecule has 1 N–H and O–H groups in total. The van der Waals surface area contributed by atoms with Crippen LogP contribution in [0, 0.1) is 0 Å². The van der Waals surface area contributed by atoms with Gasteiger partial charge in [0.05, 0.1) is 5.69 Å². The summed E-state index contributed by atoms with van der Waals surface area (Å²) in [5.74, 6) is 0. The van der Waals surface area contributed by atoms with Crippen molar-refractivity contribution in [1.82, 2.24) is 0 Å². The zero-order valence-electron chi connectivity index (χ0n) is 40.9. The lowest BCUT2D eigenvalue weighted by molar-refractivity contribution is 0.632. The Morgan fingerprint density at radius 2 is 0.836 bits per heavy atom. The summed E-state index contributed by atoms with van der Waals surface area (Å²) in [7, 11) is 2.43. The number of nitrogens with zero attached hydrogens (tertiary/aromatic N) is 2. The normalized spacial score (nSPS) is 12.7. The Balaban J connectivity index is 1.02. The van der Waals surface area contributed by atoms with Gasteiger partial charge in [0.1, 0.15) is 0 Å². The fourth-order valence-corrected chi connectivity index (χ4v) is 11.2. The van der Waals surface area contributed by atoms with Crippen molar-refractivity contribution in [2.45, 2.75) is 19.3 Å². The number of anilines is 8. The first kappa shape index (κ1) is 43.9. The van der Waals surface area contributed by atoms with Crippen molar-refractivity contribution >= 4 is 63.7 Å². The minimum Gasteiger partial charge on any atom is -0.355 e. The molecule has 0 atom stereocenters. The van der Waals surface area contributed by atoms with E-state index < -0.39 is 0 Å². The van der Waals surface area contributed by atoms with Gasteiger partial charge < -0.3 is 15.1 Å². The van der Waals surface area contributed by atoms with Crippen LogP contribution in [0.15, 0.2) is 267 Å². The number of benzene rings is 11. The first-order valence-electron chi connectivity index (χ1n) is 25.2. The summed E-state index contributed by atoms with van der Waals surface area (Å²) in [5.41, 5.74) is 25.3. The second-order valence-electron chi connectivity index (χ2n) is 19.6. The molecule has 11 aromatic rings.